The molecule has 1 aromatic rings. The summed E-state index contributed by atoms with van der Waals surface area (Å²) in [6.45, 7) is 0. The standard InChI is InChI=1S/C8H8Cl6Si2/c9-15(10,11)6-8(16(12,13)14)7-4-2-1-3-5-7/h1-5,8H,6H2/t8-/m0/s1. The van der Waals surface area contributed by atoms with E-state index >= 15 is 0 Å². The van der Waals surface area contributed by atoms with Gasteiger partial charge in [-0.2, -0.15) is 0 Å². The minimum absolute atomic E-state index is 0.266. The van der Waals surface area contributed by atoms with Gasteiger partial charge in [-0.3, -0.25) is 0 Å². The molecule has 1 aromatic carbocycles. The van der Waals surface area contributed by atoms with Crippen LogP contribution in [0.25, 0.3) is 0 Å². The number of halogens is 6. The topological polar surface area (TPSA) is 0 Å². The second-order valence-corrected chi connectivity index (χ2v) is 21.4. The van der Waals surface area contributed by atoms with E-state index in [9.17, 15) is 0 Å². The van der Waals surface area contributed by atoms with Gasteiger partial charge in [-0.15, -0.1) is 66.5 Å². The van der Waals surface area contributed by atoms with Crippen LogP contribution in [0.5, 0.6) is 0 Å². The molecule has 0 spiro atoms. The van der Waals surface area contributed by atoms with Crippen LogP contribution in [-0.2, 0) is 0 Å². The van der Waals surface area contributed by atoms with Crippen molar-refractivity contribution in [1.82, 2.24) is 0 Å². The molecule has 0 unspecified atom stereocenters. The van der Waals surface area contributed by atoms with Crippen molar-refractivity contribution in [3.8, 4) is 0 Å². The normalized spacial score (nSPS) is 14.9. The van der Waals surface area contributed by atoms with Crippen molar-refractivity contribution in [3.05, 3.63) is 35.9 Å². The van der Waals surface area contributed by atoms with Crippen molar-refractivity contribution in [3.63, 3.8) is 0 Å². The van der Waals surface area contributed by atoms with E-state index in [0.717, 1.165) is 5.56 Å². The molecule has 0 aliphatic carbocycles. The summed E-state index contributed by atoms with van der Waals surface area (Å²) < 4.78 is 0. The Balaban J connectivity index is 2.98. The fourth-order valence-electron chi connectivity index (χ4n) is 1.34. The summed E-state index contributed by atoms with van der Waals surface area (Å²) >= 11 is 35.9. The molecular weight excluding hydrogens is 365 g/mol. The average molecular weight is 373 g/mol. The van der Waals surface area contributed by atoms with Gasteiger partial charge < -0.3 is 0 Å². The fraction of sp³-hybridized carbons (Fsp3) is 0.250. The fourth-order valence-corrected chi connectivity index (χ4v) is 10.2. The second-order valence-electron chi connectivity index (χ2n) is 3.32. The predicted molar refractivity (Wildman–Crippen MR) is 80.6 cm³/mol. The molecule has 0 bridgehead atoms. The van der Waals surface area contributed by atoms with Crippen LogP contribution in [0.15, 0.2) is 30.3 Å². The van der Waals surface area contributed by atoms with Gasteiger partial charge >= 0.3 is 12.0 Å². The highest BCUT2D eigenvalue weighted by atomic mass is 35.8. The molecule has 0 aliphatic rings. The number of rotatable bonds is 4. The molecule has 8 heteroatoms. The highest BCUT2D eigenvalue weighted by Gasteiger charge is 2.43. The molecule has 0 amide bonds. The Kier molecular flexibility index (Phi) is 5.82. The molecule has 1 atom stereocenters. The summed E-state index contributed by atoms with van der Waals surface area (Å²) in [5.41, 5.74) is 0.658. The second kappa shape index (κ2) is 6.02. The van der Waals surface area contributed by atoms with Gasteiger partial charge in [-0.1, -0.05) is 30.3 Å². The number of hydrogen-bond donors (Lipinski definition) is 0. The maximum absolute atomic E-state index is 6.06. The van der Waals surface area contributed by atoms with Crippen LogP contribution in [0.1, 0.15) is 11.1 Å². The Morgan fingerprint density at radius 2 is 1.38 bits per heavy atom. The summed E-state index contributed by atoms with van der Waals surface area (Å²) in [6.07, 6.45) is 0. The van der Waals surface area contributed by atoms with Crippen molar-refractivity contribution in [2.45, 2.75) is 11.6 Å². The van der Waals surface area contributed by atoms with E-state index < -0.39 is 12.0 Å². The van der Waals surface area contributed by atoms with Crippen molar-refractivity contribution >= 4 is 78.5 Å². The summed E-state index contributed by atoms with van der Waals surface area (Å²) in [6, 6.07) is 4.03. The van der Waals surface area contributed by atoms with Crippen LogP contribution in [-0.4, -0.2) is 12.0 Å². The Labute approximate surface area is 125 Å². The summed E-state index contributed by atoms with van der Waals surface area (Å²) in [7, 11) is 0. The lowest BCUT2D eigenvalue weighted by Crippen LogP contribution is -2.28. The first kappa shape index (κ1) is 15.5. The maximum Gasteiger partial charge on any atom is 0.348 e. The van der Waals surface area contributed by atoms with Crippen molar-refractivity contribution in [1.29, 1.82) is 0 Å². The third-order valence-corrected chi connectivity index (χ3v) is 8.40. The molecule has 0 saturated heterocycles. The number of benzene rings is 1. The molecule has 0 nitrogen and oxygen atoms in total. The van der Waals surface area contributed by atoms with Crippen molar-refractivity contribution < 1.29 is 0 Å². The zero-order valence-electron chi connectivity index (χ0n) is 7.94. The van der Waals surface area contributed by atoms with Gasteiger partial charge in [-0.25, -0.2) is 0 Å². The molecule has 0 aromatic heterocycles. The molecule has 0 saturated carbocycles. The number of hydrogen-bond acceptors (Lipinski definition) is 0. The molecule has 0 fully saturated rings. The first-order chi connectivity index (χ1) is 7.20. The molecule has 0 N–H and O–H groups in total. The summed E-state index contributed by atoms with van der Waals surface area (Å²) in [4.78, 5) is 0. The van der Waals surface area contributed by atoms with Crippen molar-refractivity contribution in [2.75, 3.05) is 0 Å². The van der Waals surface area contributed by atoms with Crippen LogP contribution >= 0.6 is 66.5 Å². The maximum atomic E-state index is 6.06. The monoisotopic (exact) mass is 370 g/mol. The molecule has 0 heterocycles. The quantitative estimate of drug-likeness (QED) is 0.475. The van der Waals surface area contributed by atoms with E-state index in [2.05, 4.69) is 0 Å². The molecule has 16 heavy (non-hydrogen) atoms. The van der Waals surface area contributed by atoms with Crippen LogP contribution in [0.2, 0.25) is 6.04 Å². The van der Waals surface area contributed by atoms with Gasteiger partial charge in [0.05, 0.1) is 0 Å². The lowest BCUT2D eigenvalue weighted by atomic mass is 10.2. The van der Waals surface area contributed by atoms with E-state index in [0.29, 0.717) is 6.04 Å². The lowest BCUT2D eigenvalue weighted by molar-refractivity contribution is 1.05. The van der Waals surface area contributed by atoms with Gasteiger partial charge in [0.25, 0.3) is 0 Å². The average Bonchev–Trinajstić information content (AvgIpc) is 2.13. The Morgan fingerprint density at radius 1 is 0.875 bits per heavy atom. The van der Waals surface area contributed by atoms with Crippen LogP contribution in [0.4, 0.5) is 0 Å². The van der Waals surface area contributed by atoms with Gasteiger partial charge in [0.15, 0.2) is 0 Å². The van der Waals surface area contributed by atoms with E-state index in [1.807, 2.05) is 30.3 Å². The Morgan fingerprint density at radius 3 is 1.75 bits per heavy atom. The van der Waals surface area contributed by atoms with Crippen molar-refractivity contribution in [2.24, 2.45) is 0 Å². The SMILES string of the molecule is Cl[Si](Cl)(Cl)C[C@@H](c1ccccc1)[Si](Cl)(Cl)Cl. The minimum Gasteiger partial charge on any atom is -0.126 e. The van der Waals surface area contributed by atoms with Crippen LogP contribution in [0, 0.1) is 0 Å². The van der Waals surface area contributed by atoms with Gasteiger partial charge in [0.2, 0.25) is 0 Å². The molecule has 0 aliphatic heterocycles. The Bertz CT molecular complexity index is 331. The zero-order valence-corrected chi connectivity index (χ0v) is 14.5. The molecular formula is C8H8Cl6Si2. The Hall–Kier alpha value is 1.39. The molecule has 90 valence electrons. The van der Waals surface area contributed by atoms with Gasteiger partial charge in [0.1, 0.15) is 0 Å². The lowest BCUT2D eigenvalue weighted by Gasteiger charge is -2.24. The first-order valence-electron chi connectivity index (χ1n) is 4.38. The third-order valence-electron chi connectivity index (χ3n) is 2.03. The minimum atomic E-state index is -2.94. The summed E-state index contributed by atoms with van der Waals surface area (Å²) in [5.74, 6) is 0. The van der Waals surface area contributed by atoms with E-state index in [1.165, 1.54) is 0 Å². The molecule has 1 rings (SSSR count). The first-order valence-corrected chi connectivity index (χ1v) is 14.7. The summed E-state index contributed by atoms with van der Waals surface area (Å²) in [5, 5.41) is 0. The largest absolute Gasteiger partial charge is 0.348 e. The van der Waals surface area contributed by atoms with Crippen LogP contribution in [0.3, 0.4) is 0 Å². The van der Waals surface area contributed by atoms with E-state index in [1.54, 1.807) is 0 Å². The molecule has 0 radical (unpaired) electrons. The van der Waals surface area contributed by atoms with Gasteiger partial charge in [0, 0.05) is 5.54 Å². The third kappa shape index (κ3) is 5.36. The van der Waals surface area contributed by atoms with Gasteiger partial charge in [-0.05, 0) is 11.6 Å². The zero-order chi connectivity index (χ0) is 12.4. The highest BCUT2D eigenvalue weighted by molar-refractivity contribution is 7.67. The predicted octanol–water partition coefficient (Wildman–Crippen LogP) is 5.62. The highest BCUT2D eigenvalue weighted by Crippen LogP contribution is 2.44. The van der Waals surface area contributed by atoms with E-state index in [-0.39, 0.29) is 5.54 Å². The van der Waals surface area contributed by atoms with E-state index in [4.69, 9.17) is 66.5 Å². The smallest absolute Gasteiger partial charge is 0.126 e. The van der Waals surface area contributed by atoms with Crippen LogP contribution < -0.4 is 0 Å².